The molecule has 2 unspecified atom stereocenters. The average Bonchev–Trinajstić information content (AvgIpc) is 4.02. The molecule has 16 nitrogen and oxygen atoms in total. The summed E-state index contributed by atoms with van der Waals surface area (Å²) in [5, 5.41) is 13.6. The van der Waals surface area contributed by atoms with Crippen molar-refractivity contribution in [1.82, 2.24) is 40.0 Å². The molecule has 63 heavy (non-hydrogen) atoms. The van der Waals surface area contributed by atoms with Gasteiger partial charge in [0.05, 0.1) is 35.6 Å². The smallest absolute Gasteiger partial charge is 0.264 e. The number of rotatable bonds is 15. The molecule has 7 heterocycles. The lowest BCUT2D eigenvalue weighted by Crippen LogP contribution is -2.54. The van der Waals surface area contributed by atoms with E-state index in [2.05, 4.69) is 35.6 Å². The predicted octanol–water partition coefficient (Wildman–Crippen LogP) is 4.58. The van der Waals surface area contributed by atoms with Crippen LogP contribution in [0.5, 0.6) is 0 Å². The quantitative estimate of drug-likeness (QED) is 0.0989. The maximum absolute atomic E-state index is 14.1. The number of imide groups is 2. The lowest BCUT2D eigenvalue weighted by molar-refractivity contribution is -0.136. The zero-order valence-corrected chi connectivity index (χ0v) is 35.0. The third-order valence-corrected chi connectivity index (χ3v) is 12.4. The second-order valence-electron chi connectivity index (χ2n) is 16.5. The van der Waals surface area contributed by atoms with Crippen molar-refractivity contribution in [2.75, 3.05) is 67.5 Å². The summed E-state index contributed by atoms with van der Waals surface area (Å²) in [4.78, 5) is 80.5. The number of benzene rings is 2. The largest absolute Gasteiger partial charge is 0.384 e. The lowest BCUT2D eigenvalue weighted by atomic mass is 10.0. The number of pyridine rings is 1. The SMILES string of the molecule is O=C(CN1CCN(c2cccc(-c3cnc4ccc(N5CCCC5c5cccc(F)c5)nn34)n2)CC1)NCCCCCCNc1cccc2c1C(=O)N(C1CCC(=O)NC1=O)C2=O. The number of aromatic nitrogens is 4. The van der Waals surface area contributed by atoms with E-state index in [0.29, 0.717) is 25.3 Å². The van der Waals surface area contributed by atoms with Crippen LogP contribution in [0.1, 0.15) is 83.7 Å². The molecule has 4 aliphatic rings. The molecule has 2 atom stereocenters. The number of unbranched alkanes of at least 4 members (excludes halogenated alkanes) is 3. The van der Waals surface area contributed by atoms with Crippen molar-refractivity contribution in [2.45, 2.75) is 63.5 Å². The first-order valence-electron chi connectivity index (χ1n) is 21.9. The molecule has 3 fully saturated rings. The summed E-state index contributed by atoms with van der Waals surface area (Å²) in [5.41, 5.74) is 4.27. The predicted molar refractivity (Wildman–Crippen MR) is 234 cm³/mol. The molecular formula is C46H50FN11O5. The van der Waals surface area contributed by atoms with E-state index in [-0.39, 0.29) is 41.7 Å². The van der Waals surface area contributed by atoms with E-state index in [1.807, 2.05) is 40.9 Å². The minimum absolute atomic E-state index is 0.00407. The maximum atomic E-state index is 14.1. The van der Waals surface area contributed by atoms with Gasteiger partial charge in [-0.2, -0.15) is 0 Å². The van der Waals surface area contributed by atoms with Crippen molar-refractivity contribution in [3.8, 4) is 11.4 Å². The molecule has 4 aliphatic heterocycles. The Morgan fingerprint density at radius 1 is 0.810 bits per heavy atom. The van der Waals surface area contributed by atoms with Crippen molar-refractivity contribution in [2.24, 2.45) is 0 Å². The Hall–Kier alpha value is -6.75. The van der Waals surface area contributed by atoms with Crippen molar-refractivity contribution in [3.63, 3.8) is 0 Å². The first-order valence-corrected chi connectivity index (χ1v) is 21.9. The fraction of sp³-hybridized carbons (Fsp3) is 0.391. The highest BCUT2D eigenvalue weighted by Gasteiger charge is 2.45. The van der Waals surface area contributed by atoms with Gasteiger partial charge in [0.15, 0.2) is 5.65 Å². The second-order valence-corrected chi connectivity index (χ2v) is 16.5. The van der Waals surface area contributed by atoms with E-state index in [0.717, 1.165) is 110 Å². The topological polar surface area (TPSA) is 177 Å². The van der Waals surface area contributed by atoms with Crippen LogP contribution in [0.15, 0.2) is 79.0 Å². The fourth-order valence-corrected chi connectivity index (χ4v) is 9.15. The van der Waals surface area contributed by atoms with Gasteiger partial charge in [0, 0.05) is 57.9 Å². The molecule has 0 aliphatic carbocycles. The Labute approximate surface area is 363 Å². The zero-order chi connectivity index (χ0) is 43.5. The van der Waals surface area contributed by atoms with Crippen LogP contribution >= 0.6 is 0 Å². The lowest BCUT2D eigenvalue weighted by Gasteiger charge is -2.35. The van der Waals surface area contributed by atoms with Crippen molar-refractivity contribution < 1.29 is 28.4 Å². The van der Waals surface area contributed by atoms with Crippen LogP contribution in [0.25, 0.3) is 17.0 Å². The highest BCUT2D eigenvalue weighted by atomic mass is 19.1. The number of piperazine rings is 1. The summed E-state index contributed by atoms with van der Waals surface area (Å²) in [7, 11) is 0. The number of hydrogen-bond acceptors (Lipinski definition) is 12. The van der Waals surface area contributed by atoms with Crippen LogP contribution in [-0.4, -0.2) is 117 Å². The van der Waals surface area contributed by atoms with Crippen molar-refractivity contribution in [1.29, 1.82) is 0 Å². The number of amides is 5. The van der Waals surface area contributed by atoms with E-state index in [9.17, 15) is 28.4 Å². The number of nitrogens with one attached hydrogen (secondary N) is 3. The van der Waals surface area contributed by atoms with Gasteiger partial charge in [-0.15, -0.1) is 5.10 Å². The van der Waals surface area contributed by atoms with Gasteiger partial charge in [-0.25, -0.2) is 18.9 Å². The fourth-order valence-electron chi connectivity index (χ4n) is 9.15. The summed E-state index contributed by atoms with van der Waals surface area (Å²) in [6.07, 6.45) is 7.41. The molecule has 9 rings (SSSR count). The number of nitrogens with zero attached hydrogens (tertiary/aromatic N) is 8. The van der Waals surface area contributed by atoms with Gasteiger partial charge in [-0.05, 0) is 86.2 Å². The number of hydrogen-bond donors (Lipinski definition) is 3. The van der Waals surface area contributed by atoms with Gasteiger partial charge in [0.25, 0.3) is 11.8 Å². The molecule has 3 saturated heterocycles. The number of imidazole rings is 1. The molecule has 3 N–H and O–H groups in total. The molecule has 0 radical (unpaired) electrons. The van der Waals surface area contributed by atoms with E-state index < -0.39 is 29.7 Å². The second kappa shape index (κ2) is 18.3. The van der Waals surface area contributed by atoms with Crippen molar-refractivity contribution >= 4 is 52.5 Å². The maximum Gasteiger partial charge on any atom is 0.264 e. The molecule has 0 bridgehead atoms. The number of carbonyl (C=O) groups excluding carboxylic acids is 5. The Kier molecular flexibility index (Phi) is 12.1. The van der Waals surface area contributed by atoms with Gasteiger partial charge < -0.3 is 20.4 Å². The third kappa shape index (κ3) is 8.82. The van der Waals surface area contributed by atoms with Crippen LogP contribution in [0.3, 0.4) is 0 Å². The van der Waals surface area contributed by atoms with E-state index in [1.165, 1.54) is 6.07 Å². The molecule has 0 saturated carbocycles. The molecule has 3 aromatic heterocycles. The Bertz CT molecular complexity index is 2560. The molecule has 5 amide bonds. The highest BCUT2D eigenvalue weighted by molar-refractivity contribution is 6.25. The molecule has 0 spiro atoms. The number of piperidine rings is 1. The Balaban J connectivity index is 0.698. The summed E-state index contributed by atoms with van der Waals surface area (Å²) >= 11 is 0. The van der Waals surface area contributed by atoms with Gasteiger partial charge >= 0.3 is 0 Å². The molecular weight excluding hydrogens is 806 g/mol. The summed E-state index contributed by atoms with van der Waals surface area (Å²) in [6, 6.07) is 20.8. The van der Waals surface area contributed by atoms with Crippen LogP contribution in [0.2, 0.25) is 0 Å². The van der Waals surface area contributed by atoms with Crippen LogP contribution < -0.4 is 25.8 Å². The van der Waals surface area contributed by atoms with Gasteiger partial charge in [0.2, 0.25) is 17.7 Å². The third-order valence-electron chi connectivity index (χ3n) is 12.4. The number of carbonyl (C=O) groups is 5. The number of halogens is 1. The van der Waals surface area contributed by atoms with E-state index in [4.69, 9.17) is 10.1 Å². The van der Waals surface area contributed by atoms with Gasteiger partial charge in [-0.3, -0.25) is 39.1 Å². The first kappa shape index (κ1) is 41.6. The summed E-state index contributed by atoms with van der Waals surface area (Å²) in [5.74, 6) is -0.659. The molecule has 2 aromatic carbocycles. The Morgan fingerprint density at radius 2 is 1.62 bits per heavy atom. The van der Waals surface area contributed by atoms with E-state index >= 15 is 0 Å². The molecule has 326 valence electrons. The normalized spacial score (nSPS) is 19.2. The zero-order valence-electron chi connectivity index (χ0n) is 35.0. The minimum Gasteiger partial charge on any atom is -0.384 e. The Morgan fingerprint density at radius 3 is 2.44 bits per heavy atom. The van der Waals surface area contributed by atoms with Crippen LogP contribution in [-0.2, 0) is 14.4 Å². The van der Waals surface area contributed by atoms with Crippen LogP contribution in [0, 0.1) is 5.82 Å². The van der Waals surface area contributed by atoms with Gasteiger partial charge in [-0.1, -0.05) is 37.1 Å². The molecule has 5 aromatic rings. The summed E-state index contributed by atoms with van der Waals surface area (Å²) in [6.45, 7) is 5.28. The number of anilines is 3. The first-order chi connectivity index (χ1) is 30.7. The van der Waals surface area contributed by atoms with E-state index in [1.54, 1.807) is 36.5 Å². The monoisotopic (exact) mass is 855 g/mol. The summed E-state index contributed by atoms with van der Waals surface area (Å²) < 4.78 is 15.9. The standard InChI is InChI=1S/C46H50FN11O5/c47-31-10-5-9-30(27-31)35-14-8-22-56(35)40-18-17-38-50-28-37(58(38)53-40)33-12-7-15-39(51-33)55-25-23-54(24-26-55)29-42(60)49-21-4-2-1-3-20-48-34-13-6-11-32-43(34)46(63)57(45(32)62)36-16-19-41(59)52-44(36)61/h5-7,9-13,15,17-18,27-28,35-36,48H,1-4,8,14,16,19-26,29H2,(H,49,60)(H,52,59,61). The highest BCUT2D eigenvalue weighted by Crippen LogP contribution is 2.36. The average molecular weight is 856 g/mol. The molecule has 17 heteroatoms. The van der Waals surface area contributed by atoms with Gasteiger partial charge in [0.1, 0.15) is 29.2 Å². The van der Waals surface area contributed by atoms with Crippen molar-refractivity contribution in [3.05, 3.63) is 102 Å². The number of fused-ring (bicyclic) bond motifs is 2. The minimum atomic E-state index is -1.00. The van der Waals surface area contributed by atoms with Crippen LogP contribution in [0.4, 0.5) is 21.7 Å².